The first-order chi connectivity index (χ1) is 11.5. The minimum Gasteiger partial charge on any atom is -0.395 e. The fraction of sp³-hybridized carbons (Fsp3) is 0.400. The van der Waals surface area contributed by atoms with Crippen LogP contribution in [0.3, 0.4) is 0 Å². The molecule has 1 N–H and O–H groups in total. The Morgan fingerprint density at radius 1 is 1.38 bits per heavy atom. The molecule has 0 radical (unpaired) electrons. The molecule has 9 nitrogen and oxygen atoms in total. The molecule has 0 aliphatic carbocycles. The molecule has 1 fully saturated rings. The van der Waals surface area contributed by atoms with Crippen LogP contribution in [0.2, 0.25) is 0 Å². The van der Waals surface area contributed by atoms with Gasteiger partial charge in [-0.1, -0.05) is 0 Å². The van der Waals surface area contributed by atoms with Gasteiger partial charge in [-0.05, 0) is 31.9 Å². The van der Waals surface area contributed by atoms with Crippen LogP contribution >= 0.6 is 0 Å². The van der Waals surface area contributed by atoms with Crippen molar-refractivity contribution in [2.75, 3.05) is 18.0 Å². The topological polar surface area (TPSA) is 114 Å². The number of aryl methyl sites for hydroxylation is 1. The van der Waals surface area contributed by atoms with Gasteiger partial charge in [-0.3, -0.25) is 14.9 Å². The number of nitrogens with one attached hydrogen (secondary N) is 1. The molecular formula is C15H17N5O4. The van der Waals surface area contributed by atoms with E-state index in [-0.39, 0.29) is 12.3 Å². The summed E-state index contributed by atoms with van der Waals surface area (Å²) >= 11 is 0. The highest BCUT2D eigenvalue weighted by atomic mass is 16.6. The molecule has 0 atom stereocenters. The predicted molar refractivity (Wildman–Crippen MR) is 84.7 cm³/mol. The summed E-state index contributed by atoms with van der Waals surface area (Å²) in [6.07, 6.45) is 2.25. The normalized spacial score (nSPS) is 14.0. The van der Waals surface area contributed by atoms with E-state index in [0.717, 1.165) is 37.7 Å². The SMILES string of the molecule is Cc1cc(CNC(=O)c2ccc([N+](=O)[O-])o2)nc(N2CCCC2)n1. The molecule has 2 aromatic rings. The standard InChI is InChI=1S/C15H17N5O4/c1-10-8-11(18-15(17-10)19-6-2-3-7-19)9-16-14(21)12-4-5-13(24-12)20(22)23/h4-5,8H,2-3,6-7,9H2,1H3,(H,16,21). The number of aromatic nitrogens is 2. The van der Waals surface area contributed by atoms with E-state index in [9.17, 15) is 14.9 Å². The van der Waals surface area contributed by atoms with E-state index in [1.54, 1.807) is 6.07 Å². The van der Waals surface area contributed by atoms with E-state index in [0.29, 0.717) is 11.6 Å². The van der Waals surface area contributed by atoms with Crippen molar-refractivity contribution in [3.05, 3.63) is 45.5 Å². The van der Waals surface area contributed by atoms with E-state index in [2.05, 4.69) is 20.2 Å². The molecule has 0 aromatic carbocycles. The van der Waals surface area contributed by atoms with Crippen molar-refractivity contribution in [1.29, 1.82) is 0 Å². The van der Waals surface area contributed by atoms with E-state index >= 15 is 0 Å². The van der Waals surface area contributed by atoms with Gasteiger partial charge in [0.05, 0.1) is 18.3 Å². The number of carbonyl (C=O) groups is 1. The molecule has 0 spiro atoms. The average molecular weight is 331 g/mol. The molecule has 1 aliphatic rings. The van der Waals surface area contributed by atoms with Crippen molar-refractivity contribution in [1.82, 2.24) is 15.3 Å². The number of anilines is 1. The fourth-order valence-electron chi connectivity index (χ4n) is 2.57. The van der Waals surface area contributed by atoms with Crippen LogP contribution < -0.4 is 10.2 Å². The Balaban J connectivity index is 1.67. The van der Waals surface area contributed by atoms with Crippen LogP contribution in [0.25, 0.3) is 0 Å². The average Bonchev–Trinajstić information content (AvgIpc) is 3.23. The summed E-state index contributed by atoms with van der Waals surface area (Å²) in [5.74, 6) is -0.422. The lowest BCUT2D eigenvalue weighted by Crippen LogP contribution is -2.25. The summed E-state index contributed by atoms with van der Waals surface area (Å²) in [5.41, 5.74) is 1.50. The van der Waals surface area contributed by atoms with Gasteiger partial charge < -0.3 is 14.6 Å². The van der Waals surface area contributed by atoms with Crippen LogP contribution in [0, 0.1) is 17.0 Å². The van der Waals surface area contributed by atoms with Gasteiger partial charge in [-0.2, -0.15) is 0 Å². The van der Waals surface area contributed by atoms with Crippen LogP contribution in [0.4, 0.5) is 11.8 Å². The Kier molecular flexibility index (Phi) is 4.41. The third-order valence-corrected chi connectivity index (χ3v) is 3.71. The van der Waals surface area contributed by atoms with Gasteiger partial charge in [0.25, 0.3) is 5.91 Å². The highest BCUT2D eigenvalue weighted by Crippen LogP contribution is 2.17. The molecule has 1 aliphatic heterocycles. The van der Waals surface area contributed by atoms with Crippen molar-refractivity contribution >= 4 is 17.7 Å². The summed E-state index contributed by atoms with van der Waals surface area (Å²) in [6.45, 7) is 3.94. The molecule has 24 heavy (non-hydrogen) atoms. The Morgan fingerprint density at radius 2 is 2.12 bits per heavy atom. The smallest absolute Gasteiger partial charge is 0.395 e. The van der Waals surface area contributed by atoms with Crippen LogP contribution in [0.5, 0.6) is 0 Å². The summed E-state index contributed by atoms with van der Waals surface area (Å²) < 4.78 is 4.87. The first kappa shape index (κ1) is 15.9. The second-order valence-corrected chi connectivity index (χ2v) is 5.57. The van der Waals surface area contributed by atoms with Crippen LogP contribution in [-0.2, 0) is 6.54 Å². The van der Waals surface area contributed by atoms with Gasteiger partial charge in [0.1, 0.15) is 4.92 Å². The molecule has 1 saturated heterocycles. The Morgan fingerprint density at radius 3 is 2.79 bits per heavy atom. The number of rotatable bonds is 5. The Bertz CT molecular complexity index is 767. The third kappa shape index (κ3) is 3.50. The quantitative estimate of drug-likeness (QED) is 0.656. The highest BCUT2D eigenvalue weighted by Gasteiger charge is 2.18. The van der Waals surface area contributed by atoms with Crippen molar-refractivity contribution in [2.45, 2.75) is 26.3 Å². The monoisotopic (exact) mass is 331 g/mol. The molecular weight excluding hydrogens is 314 g/mol. The Hall–Kier alpha value is -2.97. The molecule has 1 amide bonds. The lowest BCUT2D eigenvalue weighted by Gasteiger charge is -2.16. The maximum atomic E-state index is 12.0. The summed E-state index contributed by atoms with van der Waals surface area (Å²) in [4.78, 5) is 32.9. The van der Waals surface area contributed by atoms with Gasteiger partial charge in [0, 0.05) is 18.8 Å². The van der Waals surface area contributed by atoms with E-state index in [4.69, 9.17) is 4.42 Å². The predicted octanol–water partition coefficient (Wildman–Crippen LogP) is 1.82. The lowest BCUT2D eigenvalue weighted by molar-refractivity contribution is -0.402. The van der Waals surface area contributed by atoms with Crippen LogP contribution in [0.1, 0.15) is 34.8 Å². The van der Waals surface area contributed by atoms with Gasteiger partial charge in [-0.15, -0.1) is 0 Å². The molecule has 3 heterocycles. The number of furan rings is 1. The largest absolute Gasteiger partial charge is 0.433 e. The van der Waals surface area contributed by atoms with Gasteiger partial charge in [-0.25, -0.2) is 9.97 Å². The molecule has 0 saturated carbocycles. The Labute approximate surface area is 137 Å². The summed E-state index contributed by atoms with van der Waals surface area (Å²) in [6, 6.07) is 4.22. The van der Waals surface area contributed by atoms with E-state index in [1.807, 2.05) is 6.92 Å². The number of nitro groups is 1. The molecule has 0 bridgehead atoms. The second kappa shape index (κ2) is 6.65. The maximum absolute atomic E-state index is 12.0. The number of hydrogen-bond donors (Lipinski definition) is 1. The van der Waals surface area contributed by atoms with Crippen molar-refractivity contribution < 1.29 is 14.1 Å². The first-order valence-electron chi connectivity index (χ1n) is 7.65. The molecule has 126 valence electrons. The molecule has 2 aromatic heterocycles. The van der Waals surface area contributed by atoms with Gasteiger partial charge in [0.15, 0.2) is 5.76 Å². The minimum absolute atomic E-state index is 0.104. The van der Waals surface area contributed by atoms with Crippen molar-refractivity contribution in [3.63, 3.8) is 0 Å². The molecule has 3 rings (SSSR count). The number of nitrogens with zero attached hydrogens (tertiary/aromatic N) is 4. The van der Waals surface area contributed by atoms with E-state index in [1.165, 1.54) is 6.07 Å². The van der Waals surface area contributed by atoms with Gasteiger partial charge in [0.2, 0.25) is 5.95 Å². The zero-order chi connectivity index (χ0) is 17.1. The number of hydrogen-bond acceptors (Lipinski definition) is 7. The number of carbonyl (C=O) groups excluding carboxylic acids is 1. The summed E-state index contributed by atoms with van der Waals surface area (Å²) in [7, 11) is 0. The molecule has 0 unspecified atom stereocenters. The first-order valence-corrected chi connectivity index (χ1v) is 7.65. The van der Waals surface area contributed by atoms with Crippen LogP contribution in [-0.4, -0.2) is 33.9 Å². The van der Waals surface area contributed by atoms with Crippen molar-refractivity contribution in [2.24, 2.45) is 0 Å². The third-order valence-electron chi connectivity index (χ3n) is 3.71. The zero-order valence-electron chi connectivity index (χ0n) is 13.2. The molecule has 9 heteroatoms. The van der Waals surface area contributed by atoms with E-state index < -0.39 is 16.7 Å². The highest BCUT2D eigenvalue weighted by molar-refractivity contribution is 5.91. The number of amides is 1. The van der Waals surface area contributed by atoms with Gasteiger partial charge >= 0.3 is 5.88 Å². The van der Waals surface area contributed by atoms with Crippen LogP contribution in [0.15, 0.2) is 22.6 Å². The second-order valence-electron chi connectivity index (χ2n) is 5.57. The zero-order valence-corrected chi connectivity index (χ0v) is 13.2. The summed E-state index contributed by atoms with van der Waals surface area (Å²) in [5, 5.41) is 13.2. The maximum Gasteiger partial charge on any atom is 0.433 e. The van der Waals surface area contributed by atoms with Crippen molar-refractivity contribution in [3.8, 4) is 0 Å². The lowest BCUT2D eigenvalue weighted by atomic mass is 10.3. The fourth-order valence-corrected chi connectivity index (χ4v) is 2.57. The minimum atomic E-state index is -0.688.